The maximum atomic E-state index is 13.1. The van der Waals surface area contributed by atoms with Crippen molar-refractivity contribution in [1.29, 1.82) is 0 Å². The van der Waals surface area contributed by atoms with Crippen LogP contribution < -0.4 is 5.73 Å². The Balaban J connectivity index is 2.16. The van der Waals surface area contributed by atoms with Crippen LogP contribution in [0.15, 0.2) is 30.3 Å². The molecule has 3 heteroatoms. The van der Waals surface area contributed by atoms with E-state index in [2.05, 4.69) is 19.9 Å². The first-order valence-electron chi connectivity index (χ1n) is 5.63. The van der Waals surface area contributed by atoms with Gasteiger partial charge in [-0.3, -0.25) is 0 Å². The molecule has 0 bridgehead atoms. The second-order valence-electron chi connectivity index (χ2n) is 4.31. The van der Waals surface area contributed by atoms with E-state index in [9.17, 15) is 4.39 Å². The van der Waals surface area contributed by atoms with E-state index in [0.717, 1.165) is 5.56 Å². The third-order valence-electron chi connectivity index (χ3n) is 2.82. The minimum Gasteiger partial charge on any atom is -0.324 e. The Kier molecular flexibility index (Phi) is 3.60. The van der Waals surface area contributed by atoms with Crippen molar-refractivity contribution in [1.82, 2.24) is 0 Å². The molecule has 1 unspecified atom stereocenters. The topological polar surface area (TPSA) is 26.0 Å². The summed E-state index contributed by atoms with van der Waals surface area (Å²) in [7, 11) is 0. The monoisotopic (exact) mass is 249 g/mol. The van der Waals surface area contributed by atoms with Gasteiger partial charge in [0.2, 0.25) is 0 Å². The molecule has 0 radical (unpaired) electrons. The molecule has 1 atom stereocenters. The molecule has 0 aliphatic rings. The summed E-state index contributed by atoms with van der Waals surface area (Å²) in [6.07, 6.45) is 0.675. The zero-order valence-corrected chi connectivity index (χ0v) is 10.9. The van der Waals surface area contributed by atoms with Crippen molar-refractivity contribution in [3.8, 4) is 0 Å². The van der Waals surface area contributed by atoms with Crippen molar-refractivity contribution >= 4 is 11.3 Å². The van der Waals surface area contributed by atoms with E-state index < -0.39 is 0 Å². The summed E-state index contributed by atoms with van der Waals surface area (Å²) in [6.45, 7) is 4.16. The first kappa shape index (κ1) is 12.3. The first-order valence-corrected chi connectivity index (χ1v) is 6.45. The fraction of sp³-hybridized carbons (Fsp3) is 0.286. The molecular formula is C14H16FNS. The third kappa shape index (κ3) is 2.93. The Morgan fingerprint density at radius 1 is 1.29 bits per heavy atom. The van der Waals surface area contributed by atoms with Crippen LogP contribution in [-0.4, -0.2) is 0 Å². The third-order valence-corrected chi connectivity index (χ3v) is 3.81. The van der Waals surface area contributed by atoms with Crippen molar-refractivity contribution < 1.29 is 4.39 Å². The lowest BCUT2D eigenvalue weighted by molar-refractivity contribution is 0.622. The smallest absolute Gasteiger partial charge is 0.123 e. The van der Waals surface area contributed by atoms with Gasteiger partial charge in [-0.15, -0.1) is 11.3 Å². The standard InChI is InChI=1S/C14H16FNS/c1-9-6-13(10(2)17-9)14(16)8-11-4-3-5-12(15)7-11/h3-7,14H,8,16H2,1-2H3. The van der Waals surface area contributed by atoms with Gasteiger partial charge in [-0.1, -0.05) is 12.1 Å². The summed E-state index contributed by atoms with van der Waals surface area (Å²) in [6, 6.07) is 8.72. The van der Waals surface area contributed by atoms with Crippen LogP contribution in [0, 0.1) is 19.7 Å². The molecule has 90 valence electrons. The van der Waals surface area contributed by atoms with Crippen LogP contribution in [0.25, 0.3) is 0 Å². The number of nitrogens with two attached hydrogens (primary N) is 1. The molecule has 0 fully saturated rings. The lowest BCUT2D eigenvalue weighted by Crippen LogP contribution is -2.13. The predicted octanol–water partition coefficient (Wildman–Crippen LogP) is 3.75. The molecule has 2 aromatic rings. The molecule has 17 heavy (non-hydrogen) atoms. The Hall–Kier alpha value is -1.19. The average molecular weight is 249 g/mol. The maximum Gasteiger partial charge on any atom is 0.123 e. The second kappa shape index (κ2) is 4.98. The summed E-state index contributed by atoms with van der Waals surface area (Å²) >= 11 is 1.76. The van der Waals surface area contributed by atoms with Crippen molar-refractivity contribution in [3.05, 3.63) is 57.0 Å². The average Bonchev–Trinajstić information content (AvgIpc) is 2.58. The van der Waals surface area contributed by atoms with Crippen LogP contribution in [0.4, 0.5) is 4.39 Å². The molecule has 0 spiro atoms. The molecule has 0 aliphatic carbocycles. The summed E-state index contributed by atoms with van der Waals surface area (Å²) < 4.78 is 13.1. The van der Waals surface area contributed by atoms with Gasteiger partial charge in [0, 0.05) is 15.8 Å². The molecule has 1 aromatic carbocycles. The first-order chi connectivity index (χ1) is 8.06. The molecule has 0 amide bonds. The fourth-order valence-corrected chi connectivity index (χ4v) is 3.04. The molecule has 0 saturated carbocycles. The Labute approximate surface area is 105 Å². The molecule has 2 rings (SSSR count). The summed E-state index contributed by atoms with van der Waals surface area (Å²) in [5, 5.41) is 0. The van der Waals surface area contributed by atoms with E-state index in [4.69, 9.17) is 5.73 Å². The van der Waals surface area contributed by atoms with Crippen LogP contribution in [0.5, 0.6) is 0 Å². The minimum absolute atomic E-state index is 0.0539. The molecular weight excluding hydrogens is 233 g/mol. The highest BCUT2D eigenvalue weighted by atomic mass is 32.1. The van der Waals surface area contributed by atoms with Crippen LogP contribution >= 0.6 is 11.3 Å². The van der Waals surface area contributed by atoms with Gasteiger partial charge in [0.05, 0.1) is 0 Å². The van der Waals surface area contributed by atoms with Gasteiger partial charge in [0.25, 0.3) is 0 Å². The van der Waals surface area contributed by atoms with Gasteiger partial charge in [-0.2, -0.15) is 0 Å². The predicted molar refractivity (Wildman–Crippen MR) is 70.8 cm³/mol. The molecule has 1 aromatic heterocycles. The van der Waals surface area contributed by atoms with E-state index in [1.54, 1.807) is 23.5 Å². The number of aryl methyl sites for hydroxylation is 2. The number of hydrogen-bond donors (Lipinski definition) is 1. The molecule has 0 aliphatic heterocycles. The van der Waals surface area contributed by atoms with Crippen molar-refractivity contribution in [3.63, 3.8) is 0 Å². The van der Waals surface area contributed by atoms with Crippen LogP contribution in [0.1, 0.15) is 26.9 Å². The van der Waals surface area contributed by atoms with Crippen LogP contribution in [0.2, 0.25) is 0 Å². The molecule has 0 saturated heterocycles. The van der Waals surface area contributed by atoms with Crippen LogP contribution in [0.3, 0.4) is 0 Å². The maximum absolute atomic E-state index is 13.1. The van der Waals surface area contributed by atoms with Gasteiger partial charge in [0.15, 0.2) is 0 Å². The van der Waals surface area contributed by atoms with E-state index in [1.165, 1.54) is 21.4 Å². The number of hydrogen-bond acceptors (Lipinski definition) is 2. The Morgan fingerprint density at radius 3 is 2.65 bits per heavy atom. The minimum atomic E-state index is -0.201. The van der Waals surface area contributed by atoms with Gasteiger partial charge in [-0.25, -0.2) is 4.39 Å². The SMILES string of the molecule is Cc1cc(C(N)Cc2cccc(F)c2)c(C)s1. The zero-order chi connectivity index (χ0) is 12.4. The second-order valence-corrected chi connectivity index (χ2v) is 5.77. The normalized spacial score (nSPS) is 12.7. The van der Waals surface area contributed by atoms with Crippen molar-refractivity contribution in [2.24, 2.45) is 5.73 Å². The molecule has 2 N–H and O–H groups in total. The number of thiophene rings is 1. The van der Waals surface area contributed by atoms with Crippen molar-refractivity contribution in [2.45, 2.75) is 26.3 Å². The lowest BCUT2D eigenvalue weighted by atomic mass is 10.00. The van der Waals surface area contributed by atoms with Gasteiger partial charge in [-0.05, 0) is 49.6 Å². The summed E-state index contributed by atoms with van der Waals surface area (Å²) in [5.74, 6) is -0.201. The zero-order valence-electron chi connectivity index (χ0n) is 10.0. The highest BCUT2D eigenvalue weighted by Gasteiger charge is 2.12. The Bertz CT molecular complexity index is 519. The fourth-order valence-electron chi connectivity index (χ4n) is 2.05. The molecule has 1 heterocycles. The highest BCUT2D eigenvalue weighted by Crippen LogP contribution is 2.27. The number of benzene rings is 1. The van der Waals surface area contributed by atoms with Gasteiger partial charge in [0.1, 0.15) is 5.82 Å². The van der Waals surface area contributed by atoms with Gasteiger partial charge < -0.3 is 5.73 Å². The van der Waals surface area contributed by atoms with E-state index in [-0.39, 0.29) is 11.9 Å². The Morgan fingerprint density at radius 2 is 2.06 bits per heavy atom. The number of rotatable bonds is 3. The van der Waals surface area contributed by atoms with E-state index >= 15 is 0 Å². The van der Waals surface area contributed by atoms with Gasteiger partial charge >= 0.3 is 0 Å². The van der Waals surface area contributed by atoms with E-state index in [0.29, 0.717) is 6.42 Å². The quantitative estimate of drug-likeness (QED) is 0.881. The highest BCUT2D eigenvalue weighted by molar-refractivity contribution is 7.12. The van der Waals surface area contributed by atoms with Crippen LogP contribution in [-0.2, 0) is 6.42 Å². The lowest BCUT2D eigenvalue weighted by Gasteiger charge is -2.11. The number of halogens is 1. The van der Waals surface area contributed by atoms with E-state index in [1.807, 2.05) is 6.07 Å². The summed E-state index contributed by atoms with van der Waals surface area (Å²) in [4.78, 5) is 2.53. The van der Waals surface area contributed by atoms with Crippen molar-refractivity contribution in [2.75, 3.05) is 0 Å². The molecule has 1 nitrogen and oxygen atoms in total. The largest absolute Gasteiger partial charge is 0.324 e. The summed E-state index contributed by atoms with van der Waals surface area (Å²) in [5.41, 5.74) is 8.30.